The summed E-state index contributed by atoms with van der Waals surface area (Å²) in [5.74, 6) is 9.16. The van der Waals surface area contributed by atoms with Gasteiger partial charge in [-0.25, -0.2) is 0 Å². The lowest BCUT2D eigenvalue weighted by molar-refractivity contribution is 0.266. The quantitative estimate of drug-likeness (QED) is 0.473. The minimum atomic E-state index is 0.983. The van der Waals surface area contributed by atoms with Gasteiger partial charge < -0.3 is 0 Å². The van der Waals surface area contributed by atoms with E-state index in [2.05, 4.69) is 48.8 Å². The minimum Gasteiger partial charge on any atom is -0.179 e. The van der Waals surface area contributed by atoms with Crippen LogP contribution in [0.2, 0.25) is 0 Å². The first kappa shape index (κ1) is 16.3. The number of fused-ring (bicyclic) bond motifs is 5. The Labute approximate surface area is 144 Å². The Morgan fingerprint density at radius 1 is 0.750 bits per heavy atom. The molecule has 0 aromatic heterocycles. The number of thiol groups is 2. The van der Waals surface area contributed by atoms with Crippen LogP contribution in [0, 0.1) is 23.7 Å². The largest absolute Gasteiger partial charge is 0.179 e. The van der Waals surface area contributed by atoms with Crippen molar-refractivity contribution in [2.24, 2.45) is 23.7 Å². The molecule has 0 aliphatic heterocycles. The van der Waals surface area contributed by atoms with E-state index in [0.29, 0.717) is 0 Å². The van der Waals surface area contributed by atoms with E-state index in [9.17, 15) is 0 Å². The molecule has 0 N–H and O–H groups in total. The smallest absolute Gasteiger partial charge is 0.00809 e. The van der Waals surface area contributed by atoms with E-state index in [4.69, 9.17) is 0 Å². The summed E-state index contributed by atoms with van der Waals surface area (Å²) in [5.41, 5.74) is 0. The van der Waals surface area contributed by atoms with Crippen LogP contribution in [-0.4, -0.2) is 33.5 Å². The number of hydrogen-bond donors (Lipinski definition) is 2. The Bertz CT molecular complexity index is 309. The number of hydrogen-bond acceptors (Lipinski definition) is 4. The Morgan fingerprint density at radius 2 is 1.45 bits per heavy atom. The summed E-state index contributed by atoms with van der Waals surface area (Å²) in [6, 6.07) is 0. The van der Waals surface area contributed by atoms with Gasteiger partial charge in [0.1, 0.15) is 0 Å². The highest BCUT2D eigenvalue weighted by atomic mass is 32.2. The molecule has 0 spiro atoms. The van der Waals surface area contributed by atoms with Gasteiger partial charge >= 0.3 is 0 Å². The highest BCUT2D eigenvalue weighted by Gasteiger charge is 2.55. The van der Waals surface area contributed by atoms with Crippen molar-refractivity contribution in [2.45, 2.75) is 49.0 Å². The molecule has 3 rings (SSSR count). The predicted octanol–water partition coefficient (Wildman–Crippen LogP) is 4.90. The van der Waals surface area contributed by atoms with Gasteiger partial charge in [-0.15, -0.1) is 0 Å². The van der Waals surface area contributed by atoms with Crippen LogP contribution >= 0.6 is 48.8 Å². The minimum absolute atomic E-state index is 0.983. The second-order valence-corrected chi connectivity index (χ2v) is 10.4. The van der Waals surface area contributed by atoms with Crippen LogP contribution in [0.3, 0.4) is 0 Å². The lowest BCUT2D eigenvalue weighted by atomic mass is 9.81. The standard InChI is InChI=1S/C16H28S4/c17-3-1-5-19-12-9-13-11-7-15(14(13)10-12)16(8-11)20-6-2-4-18/h11-18H,1-10H2. The van der Waals surface area contributed by atoms with Crippen LogP contribution in [0.4, 0.5) is 0 Å². The molecule has 0 radical (unpaired) electrons. The van der Waals surface area contributed by atoms with Crippen molar-refractivity contribution in [3.63, 3.8) is 0 Å². The third kappa shape index (κ3) is 3.49. The zero-order valence-electron chi connectivity index (χ0n) is 12.2. The van der Waals surface area contributed by atoms with E-state index >= 15 is 0 Å². The first-order chi connectivity index (χ1) is 9.83. The summed E-state index contributed by atoms with van der Waals surface area (Å²) >= 11 is 13.2. The van der Waals surface area contributed by atoms with Crippen LogP contribution in [0.15, 0.2) is 0 Å². The topological polar surface area (TPSA) is 0 Å². The van der Waals surface area contributed by atoms with E-state index in [-0.39, 0.29) is 0 Å². The molecule has 20 heavy (non-hydrogen) atoms. The molecule has 3 aliphatic rings. The molecule has 0 amide bonds. The molecule has 0 aromatic carbocycles. The summed E-state index contributed by atoms with van der Waals surface area (Å²) in [6.07, 6.45) is 8.76. The molecule has 3 saturated carbocycles. The average Bonchev–Trinajstić information content (AvgIpc) is 3.09. The molecule has 4 heteroatoms. The molecular weight excluding hydrogens is 320 g/mol. The maximum absolute atomic E-state index is 4.34. The third-order valence-corrected chi connectivity index (χ3v) is 9.16. The van der Waals surface area contributed by atoms with Crippen molar-refractivity contribution in [3.05, 3.63) is 0 Å². The van der Waals surface area contributed by atoms with Gasteiger partial charge in [0.25, 0.3) is 0 Å². The molecule has 3 fully saturated rings. The second kappa shape index (κ2) is 7.79. The zero-order chi connectivity index (χ0) is 13.9. The van der Waals surface area contributed by atoms with Crippen molar-refractivity contribution in [1.82, 2.24) is 0 Å². The monoisotopic (exact) mass is 348 g/mol. The Hall–Kier alpha value is 1.40. The highest BCUT2D eigenvalue weighted by Crippen LogP contribution is 2.62. The second-order valence-electron chi connectivity index (χ2n) is 6.75. The normalized spacial score (nSPS) is 42.3. The fraction of sp³-hybridized carbons (Fsp3) is 1.00. The van der Waals surface area contributed by atoms with Crippen LogP contribution < -0.4 is 0 Å². The number of rotatable bonds is 8. The molecule has 3 aliphatic carbocycles. The molecule has 6 unspecified atom stereocenters. The van der Waals surface area contributed by atoms with E-state index in [1.165, 1.54) is 43.6 Å². The van der Waals surface area contributed by atoms with Crippen LogP contribution in [0.5, 0.6) is 0 Å². The predicted molar refractivity (Wildman–Crippen MR) is 102 cm³/mol. The van der Waals surface area contributed by atoms with Crippen LogP contribution in [0.1, 0.15) is 38.5 Å². The van der Waals surface area contributed by atoms with Crippen molar-refractivity contribution < 1.29 is 0 Å². The van der Waals surface area contributed by atoms with Gasteiger partial charge in [-0.1, -0.05) is 0 Å². The molecule has 0 nitrogen and oxygen atoms in total. The number of thioether (sulfide) groups is 2. The van der Waals surface area contributed by atoms with Gasteiger partial charge in [-0.3, -0.25) is 0 Å². The first-order valence-corrected chi connectivity index (χ1v) is 11.6. The summed E-state index contributed by atoms with van der Waals surface area (Å²) in [4.78, 5) is 0. The van der Waals surface area contributed by atoms with E-state index in [0.717, 1.165) is 45.7 Å². The Morgan fingerprint density at radius 3 is 2.20 bits per heavy atom. The lowest BCUT2D eigenvalue weighted by Crippen LogP contribution is -2.26. The summed E-state index contributed by atoms with van der Waals surface area (Å²) < 4.78 is 0. The highest BCUT2D eigenvalue weighted by molar-refractivity contribution is 8.00. The molecular formula is C16H28S4. The maximum Gasteiger partial charge on any atom is 0.00809 e. The van der Waals surface area contributed by atoms with Crippen molar-refractivity contribution in [3.8, 4) is 0 Å². The van der Waals surface area contributed by atoms with E-state index < -0.39 is 0 Å². The van der Waals surface area contributed by atoms with Gasteiger partial charge in [-0.05, 0) is 85.2 Å². The van der Waals surface area contributed by atoms with Crippen molar-refractivity contribution in [1.29, 1.82) is 0 Å². The lowest BCUT2D eigenvalue weighted by Gasteiger charge is -2.31. The van der Waals surface area contributed by atoms with Gasteiger partial charge in [0.05, 0.1) is 0 Å². The van der Waals surface area contributed by atoms with Gasteiger partial charge in [-0.2, -0.15) is 48.8 Å². The maximum atomic E-state index is 4.34. The molecule has 0 aromatic rings. The first-order valence-electron chi connectivity index (χ1n) is 8.28. The van der Waals surface area contributed by atoms with Gasteiger partial charge in [0.15, 0.2) is 0 Å². The van der Waals surface area contributed by atoms with Crippen molar-refractivity contribution >= 4 is 48.8 Å². The van der Waals surface area contributed by atoms with Gasteiger partial charge in [0.2, 0.25) is 0 Å². The van der Waals surface area contributed by atoms with E-state index in [1.54, 1.807) is 6.42 Å². The summed E-state index contributed by atoms with van der Waals surface area (Å²) in [6.45, 7) is 0. The zero-order valence-corrected chi connectivity index (χ0v) is 15.7. The molecule has 0 saturated heterocycles. The molecule has 6 atom stereocenters. The van der Waals surface area contributed by atoms with E-state index in [1.807, 2.05) is 0 Å². The SMILES string of the molecule is SCCCSC1CC2C3CC(SCCCS)C(C3)C2C1. The Balaban J connectivity index is 1.47. The van der Waals surface area contributed by atoms with Gasteiger partial charge in [0, 0.05) is 10.5 Å². The van der Waals surface area contributed by atoms with Crippen LogP contribution in [-0.2, 0) is 0 Å². The summed E-state index contributed by atoms with van der Waals surface area (Å²) in [7, 11) is 0. The fourth-order valence-electron chi connectivity index (χ4n) is 4.90. The fourth-order valence-corrected chi connectivity index (χ4v) is 8.56. The molecule has 0 heterocycles. The average molecular weight is 349 g/mol. The summed E-state index contributed by atoms with van der Waals surface area (Å²) in [5, 5.41) is 1.98. The molecule has 2 bridgehead atoms. The third-order valence-electron chi connectivity index (χ3n) is 5.65. The van der Waals surface area contributed by atoms with Crippen LogP contribution in [0.25, 0.3) is 0 Å². The molecule has 116 valence electrons. The van der Waals surface area contributed by atoms with Crippen molar-refractivity contribution in [2.75, 3.05) is 23.0 Å². The Kier molecular flexibility index (Phi) is 6.33.